The first-order valence-electron chi connectivity index (χ1n) is 10.8. The Labute approximate surface area is 192 Å². The standard InChI is InChI=1S/C27H19FN2O2S/c28-19-6-3-5-18(15-19)25-22-13-10-17-4-1-2-7-21(17)24(22)29-27-30(25)26(32)23(33-27)14-16-8-11-20(31)12-9-16/h1-9,11-12,14-15,25,31H,10,13H2/b23-14-/t25-/m0/s1. The van der Waals surface area contributed by atoms with Crippen LogP contribution >= 0.6 is 11.3 Å². The number of halogens is 1. The van der Waals surface area contributed by atoms with Crippen molar-refractivity contribution >= 4 is 23.1 Å². The molecule has 1 atom stereocenters. The highest BCUT2D eigenvalue weighted by Crippen LogP contribution is 2.41. The van der Waals surface area contributed by atoms with Gasteiger partial charge in [0.15, 0.2) is 4.80 Å². The Balaban J connectivity index is 1.63. The van der Waals surface area contributed by atoms with Crippen molar-refractivity contribution in [3.05, 3.63) is 126 Å². The lowest BCUT2D eigenvalue weighted by atomic mass is 9.83. The molecule has 0 amide bonds. The number of hydrogen-bond donors (Lipinski definition) is 1. The van der Waals surface area contributed by atoms with Crippen LogP contribution in [0.25, 0.3) is 11.8 Å². The van der Waals surface area contributed by atoms with Crippen LogP contribution in [0.3, 0.4) is 0 Å². The molecule has 0 saturated heterocycles. The Bertz CT molecular complexity index is 1610. The van der Waals surface area contributed by atoms with Crippen LogP contribution in [-0.2, 0) is 6.42 Å². The summed E-state index contributed by atoms with van der Waals surface area (Å²) in [5.41, 5.74) is 5.67. The fourth-order valence-electron chi connectivity index (χ4n) is 4.72. The first kappa shape index (κ1) is 19.9. The molecule has 0 fully saturated rings. The largest absolute Gasteiger partial charge is 0.508 e. The molecule has 0 unspecified atom stereocenters. The molecule has 0 saturated carbocycles. The predicted molar refractivity (Wildman–Crippen MR) is 127 cm³/mol. The maximum Gasteiger partial charge on any atom is 0.271 e. The molecule has 1 aliphatic carbocycles. The van der Waals surface area contributed by atoms with Gasteiger partial charge < -0.3 is 5.11 Å². The van der Waals surface area contributed by atoms with E-state index >= 15 is 0 Å². The quantitative estimate of drug-likeness (QED) is 0.495. The number of hydrogen-bond acceptors (Lipinski definition) is 4. The Morgan fingerprint density at radius 3 is 2.67 bits per heavy atom. The van der Waals surface area contributed by atoms with Gasteiger partial charge in [0.25, 0.3) is 5.56 Å². The predicted octanol–water partition coefficient (Wildman–Crippen LogP) is 4.16. The first-order chi connectivity index (χ1) is 16.1. The van der Waals surface area contributed by atoms with Crippen molar-refractivity contribution in [3.63, 3.8) is 0 Å². The van der Waals surface area contributed by atoms with Gasteiger partial charge in [-0.25, -0.2) is 9.38 Å². The summed E-state index contributed by atoms with van der Waals surface area (Å²) < 4.78 is 16.5. The monoisotopic (exact) mass is 454 g/mol. The van der Waals surface area contributed by atoms with Crippen molar-refractivity contribution in [2.75, 3.05) is 0 Å². The number of thiazole rings is 1. The summed E-state index contributed by atoms with van der Waals surface area (Å²) in [5, 5.41) is 9.56. The summed E-state index contributed by atoms with van der Waals surface area (Å²) >= 11 is 1.33. The summed E-state index contributed by atoms with van der Waals surface area (Å²) in [6, 6.07) is 21.0. The van der Waals surface area contributed by atoms with Crippen molar-refractivity contribution in [1.29, 1.82) is 0 Å². The van der Waals surface area contributed by atoms with Crippen LogP contribution in [0.15, 0.2) is 88.2 Å². The molecule has 0 spiro atoms. The average Bonchev–Trinajstić information content (AvgIpc) is 3.13. The third-order valence-corrected chi connectivity index (χ3v) is 7.21. The normalized spacial score (nSPS) is 17.2. The Morgan fingerprint density at radius 1 is 1.03 bits per heavy atom. The van der Waals surface area contributed by atoms with Gasteiger partial charge in [-0.15, -0.1) is 0 Å². The number of benzene rings is 3. The zero-order valence-corrected chi connectivity index (χ0v) is 18.3. The Hall–Kier alpha value is -3.77. The molecule has 2 aliphatic rings. The topological polar surface area (TPSA) is 54.6 Å². The zero-order valence-electron chi connectivity index (χ0n) is 17.5. The maximum atomic E-state index is 14.2. The highest BCUT2D eigenvalue weighted by molar-refractivity contribution is 7.07. The first-order valence-corrected chi connectivity index (χ1v) is 11.6. The van der Waals surface area contributed by atoms with Crippen LogP contribution in [0.4, 0.5) is 4.39 Å². The molecule has 1 aromatic heterocycles. The molecule has 1 N–H and O–H groups in total. The lowest BCUT2D eigenvalue weighted by Crippen LogP contribution is -2.38. The highest BCUT2D eigenvalue weighted by Gasteiger charge is 2.32. The van der Waals surface area contributed by atoms with E-state index in [1.54, 1.807) is 34.9 Å². The van der Waals surface area contributed by atoms with E-state index in [4.69, 9.17) is 4.99 Å². The second-order valence-electron chi connectivity index (χ2n) is 8.26. The summed E-state index contributed by atoms with van der Waals surface area (Å²) in [6.45, 7) is 0. The van der Waals surface area contributed by atoms with Crippen LogP contribution < -0.4 is 14.9 Å². The number of rotatable bonds is 2. The molecule has 0 radical (unpaired) electrons. The molecule has 0 bridgehead atoms. The summed E-state index contributed by atoms with van der Waals surface area (Å²) in [4.78, 5) is 19.1. The fraction of sp³-hybridized carbons (Fsp3) is 0.111. The van der Waals surface area contributed by atoms with Crippen molar-refractivity contribution in [2.24, 2.45) is 4.99 Å². The maximum absolute atomic E-state index is 14.2. The molecule has 1 aliphatic heterocycles. The molecule has 4 aromatic rings. The van der Waals surface area contributed by atoms with Crippen molar-refractivity contribution in [1.82, 2.24) is 4.57 Å². The number of nitrogens with zero attached hydrogens (tertiary/aromatic N) is 2. The lowest BCUT2D eigenvalue weighted by Gasteiger charge is -2.30. The van der Waals surface area contributed by atoms with E-state index in [1.165, 1.54) is 29.0 Å². The molecule has 2 heterocycles. The van der Waals surface area contributed by atoms with Gasteiger partial charge in [0, 0.05) is 5.56 Å². The van der Waals surface area contributed by atoms with Gasteiger partial charge in [0.05, 0.1) is 16.3 Å². The zero-order chi connectivity index (χ0) is 22.5. The van der Waals surface area contributed by atoms with E-state index in [-0.39, 0.29) is 17.1 Å². The molecule has 3 aromatic carbocycles. The average molecular weight is 455 g/mol. The minimum atomic E-state index is -0.401. The van der Waals surface area contributed by atoms with Gasteiger partial charge in [0.2, 0.25) is 0 Å². The van der Waals surface area contributed by atoms with E-state index in [2.05, 4.69) is 12.1 Å². The highest BCUT2D eigenvalue weighted by atomic mass is 32.1. The molecular weight excluding hydrogens is 435 g/mol. The number of fused-ring (bicyclic) bond motifs is 3. The van der Waals surface area contributed by atoms with E-state index in [0.29, 0.717) is 9.33 Å². The number of allylic oxidation sites excluding steroid dienone is 1. The number of phenolic OH excluding ortho intramolecular Hbond substituents is 1. The molecule has 162 valence electrons. The fourth-order valence-corrected chi connectivity index (χ4v) is 5.72. The lowest BCUT2D eigenvalue weighted by molar-refractivity contribution is 0.475. The van der Waals surface area contributed by atoms with E-state index in [0.717, 1.165) is 40.8 Å². The number of aryl methyl sites for hydroxylation is 1. The number of aromatic hydroxyl groups is 1. The van der Waals surface area contributed by atoms with Crippen LogP contribution in [0.2, 0.25) is 0 Å². The molecular formula is C27H19FN2O2S. The van der Waals surface area contributed by atoms with Gasteiger partial charge in [-0.1, -0.05) is 59.9 Å². The van der Waals surface area contributed by atoms with Gasteiger partial charge in [-0.2, -0.15) is 0 Å². The van der Waals surface area contributed by atoms with Crippen molar-refractivity contribution < 1.29 is 9.50 Å². The van der Waals surface area contributed by atoms with Gasteiger partial charge in [0.1, 0.15) is 11.6 Å². The Morgan fingerprint density at radius 2 is 1.85 bits per heavy atom. The van der Waals surface area contributed by atoms with Crippen LogP contribution in [0.5, 0.6) is 5.75 Å². The van der Waals surface area contributed by atoms with Crippen molar-refractivity contribution in [3.8, 4) is 5.75 Å². The third-order valence-electron chi connectivity index (χ3n) is 6.23. The van der Waals surface area contributed by atoms with Crippen LogP contribution in [0.1, 0.15) is 34.7 Å². The summed E-state index contributed by atoms with van der Waals surface area (Å²) in [7, 11) is 0. The van der Waals surface area contributed by atoms with Crippen molar-refractivity contribution in [2.45, 2.75) is 18.9 Å². The van der Waals surface area contributed by atoms with Crippen LogP contribution in [0, 0.1) is 5.82 Å². The number of phenols is 1. The van der Waals surface area contributed by atoms with E-state index in [9.17, 15) is 14.3 Å². The number of aromatic nitrogens is 1. The van der Waals surface area contributed by atoms with Gasteiger partial charge in [-0.3, -0.25) is 9.36 Å². The molecule has 6 heteroatoms. The van der Waals surface area contributed by atoms with E-state index in [1.807, 2.05) is 24.3 Å². The smallest absolute Gasteiger partial charge is 0.271 e. The second-order valence-corrected chi connectivity index (χ2v) is 9.27. The minimum Gasteiger partial charge on any atom is -0.508 e. The van der Waals surface area contributed by atoms with Gasteiger partial charge >= 0.3 is 0 Å². The van der Waals surface area contributed by atoms with Crippen LogP contribution in [-0.4, -0.2) is 9.67 Å². The molecule has 33 heavy (non-hydrogen) atoms. The van der Waals surface area contributed by atoms with E-state index < -0.39 is 6.04 Å². The molecule has 4 nitrogen and oxygen atoms in total. The summed E-state index contributed by atoms with van der Waals surface area (Å²) in [5.74, 6) is -0.153. The van der Waals surface area contributed by atoms with Gasteiger partial charge in [-0.05, 0) is 65.4 Å². The Kier molecular flexibility index (Phi) is 4.62. The SMILES string of the molecule is O=c1/c(=C/c2ccc(O)cc2)sc2n1[C@@H](c1cccc(F)c1)C1=C(N=2)c2ccccc2CC1. The minimum absolute atomic E-state index is 0.147. The second kappa shape index (κ2) is 7.67. The molecule has 6 rings (SSSR count). The summed E-state index contributed by atoms with van der Waals surface area (Å²) in [6.07, 6.45) is 3.43. The third kappa shape index (κ3) is 3.34.